The minimum atomic E-state index is -4.13. The van der Waals surface area contributed by atoms with Crippen molar-refractivity contribution in [3.8, 4) is 17.0 Å². The number of β-amino-alcohol motifs (C(OH)–C–C–N with tert-alkyl or cyclic N) is 1. The summed E-state index contributed by atoms with van der Waals surface area (Å²) in [6.45, 7) is 2.67. The third kappa shape index (κ3) is 5.83. The van der Waals surface area contributed by atoms with Crippen LogP contribution in [0, 0.1) is 17.2 Å². The van der Waals surface area contributed by atoms with Gasteiger partial charge in [0.1, 0.15) is 12.0 Å². The molecule has 2 atom stereocenters. The Bertz CT molecular complexity index is 1090. The number of halogens is 4. The largest absolute Gasteiger partial charge is 0.477 e. The number of rotatable bonds is 8. The average Bonchev–Trinajstić information content (AvgIpc) is 3.31. The van der Waals surface area contributed by atoms with Gasteiger partial charge in [0.2, 0.25) is 5.88 Å². The molecule has 1 saturated carbocycles. The van der Waals surface area contributed by atoms with E-state index >= 15 is 0 Å². The number of alkyl halides is 3. The summed E-state index contributed by atoms with van der Waals surface area (Å²) in [4.78, 5) is 7.94. The Labute approximate surface area is 220 Å². The van der Waals surface area contributed by atoms with Crippen molar-refractivity contribution >= 4 is 0 Å². The van der Waals surface area contributed by atoms with Crippen LogP contribution >= 0.6 is 0 Å². The molecule has 2 aromatic rings. The quantitative estimate of drug-likeness (QED) is 0.473. The van der Waals surface area contributed by atoms with Crippen molar-refractivity contribution in [2.75, 3.05) is 39.3 Å². The molecule has 1 aromatic carbocycles. The highest BCUT2D eigenvalue weighted by Gasteiger charge is 2.58. The van der Waals surface area contributed by atoms with E-state index in [9.17, 15) is 27.8 Å². The number of pyridine rings is 1. The fraction of sp³-hybridized carbons (Fsp3) is 0.607. The lowest BCUT2D eigenvalue weighted by molar-refractivity contribution is -0.256. The van der Waals surface area contributed by atoms with E-state index < -0.39 is 29.7 Å². The predicted octanol–water partition coefficient (Wildman–Crippen LogP) is 4.77. The first-order chi connectivity index (χ1) is 18.1. The van der Waals surface area contributed by atoms with Crippen LogP contribution in [-0.2, 0) is 0 Å². The fourth-order valence-corrected chi connectivity index (χ4v) is 5.82. The van der Waals surface area contributed by atoms with E-state index in [0.717, 1.165) is 12.8 Å². The van der Waals surface area contributed by atoms with Crippen molar-refractivity contribution in [1.29, 1.82) is 0 Å². The summed E-state index contributed by atoms with van der Waals surface area (Å²) in [6.07, 6.45) is -0.861. The molecule has 6 nitrogen and oxygen atoms in total. The molecule has 0 amide bonds. The molecule has 0 bridgehead atoms. The molecule has 1 unspecified atom stereocenters. The van der Waals surface area contributed by atoms with Crippen LogP contribution in [0.15, 0.2) is 36.5 Å². The van der Waals surface area contributed by atoms with Crippen molar-refractivity contribution in [1.82, 2.24) is 14.8 Å². The molecular formula is C28H35F4N3O3. The molecule has 5 rings (SSSR count). The molecule has 38 heavy (non-hydrogen) atoms. The van der Waals surface area contributed by atoms with Gasteiger partial charge in [-0.3, -0.25) is 4.90 Å². The maximum absolute atomic E-state index is 14.8. The third-order valence-corrected chi connectivity index (χ3v) is 8.50. The lowest BCUT2D eigenvalue weighted by Gasteiger charge is -2.47. The van der Waals surface area contributed by atoms with E-state index in [-0.39, 0.29) is 30.9 Å². The summed E-state index contributed by atoms with van der Waals surface area (Å²) >= 11 is 0. The third-order valence-electron chi connectivity index (χ3n) is 8.50. The monoisotopic (exact) mass is 537 g/mol. The van der Waals surface area contributed by atoms with E-state index in [1.165, 1.54) is 6.07 Å². The molecule has 3 fully saturated rings. The summed E-state index contributed by atoms with van der Waals surface area (Å²) in [6, 6.07) is 8.16. The van der Waals surface area contributed by atoms with Gasteiger partial charge >= 0.3 is 6.18 Å². The fourth-order valence-electron chi connectivity index (χ4n) is 5.82. The Morgan fingerprint density at radius 1 is 1.05 bits per heavy atom. The Morgan fingerprint density at radius 3 is 2.34 bits per heavy atom. The molecule has 2 saturated heterocycles. The highest BCUT2D eigenvalue weighted by atomic mass is 19.4. The second-order valence-corrected chi connectivity index (χ2v) is 11.1. The standard InChI is InChI=1S/C28H35F4N3O3/c29-24-14-20(2-4-23(24)26(37)35-13-8-22(36)16-35)21-3-5-25(33-15-21)38-17-19-6-11-34(12-7-19)18-27(9-1-10-27)28(30,31)32/h2-5,14-15,19,22,26,36-37H,1,6-13,16-18H2/t22-,26?/m0/s1. The number of aliphatic hydroxyl groups is 2. The topological polar surface area (TPSA) is 69.1 Å². The molecule has 0 radical (unpaired) electrons. The minimum absolute atomic E-state index is 0.106. The smallest absolute Gasteiger partial charge is 0.395 e. The number of ether oxygens (including phenoxy) is 1. The van der Waals surface area contributed by atoms with Crippen molar-refractivity contribution < 1.29 is 32.5 Å². The van der Waals surface area contributed by atoms with Crippen LogP contribution in [0.3, 0.4) is 0 Å². The summed E-state index contributed by atoms with van der Waals surface area (Å²) in [5.41, 5.74) is -0.0167. The van der Waals surface area contributed by atoms with E-state index in [2.05, 4.69) is 4.98 Å². The van der Waals surface area contributed by atoms with E-state index in [4.69, 9.17) is 4.74 Å². The summed E-state index contributed by atoms with van der Waals surface area (Å²) in [5.74, 6) is 0.184. The Hall–Kier alpha value is -2.27. The molecule has 0 spiro atoms. The number of aromatic nitrogens is 1. The van der Waals surface area contributed by atoms with Crippen LogP contribution in [0.5, 0.6) is 5.88 Å². The van der Waals surface area contributed by atoms with Crippen molar-refractivity contribution in [2.24, 2.45) is 11.3 Å². The van der Waals surface area contributed by atoms with Gasteiger partial charge in [-0.2, -0.15) is 13.2 Å². The van der Waals surface area contributed by atoms with Gasteiger partial charge < -0.3 is 19.8 Å². The van der Waals surface area contributed by atoms with Crippen LogP contribution < -0.4 is 4.74 Å². The van der Waals surface area contributed by atoms with Gasteiger partial charge in [0.15, 0.2) is 0 Å². The van der Waals surface area contributed by atoms with Gasteiger partial charge in [0.25, 0.3) is 0 Å². The number of hydrogen-bond acceptors (Lipinski definition) is 6. The Morgan fingerprint density at radius 2 is 1.79 bits per heavy atom. The Balaban J connectivity index is 1.10. The molecule has 2 N–H and O–H groups in total. The second kappa shape index (κ2) is 11.1. The van der Waals surface area contributed by atoms with Gasteiger partial charge in [0, 0.05) is 43.0 Å². The number of nitrogens with zero attached hydrogens (tertiary/aromatic N) is 3. The van der Waals surface area contributed by atoms with Crippen LogP contribution in [-0.4, -0.2) is 76.6 Å². The van der Waals surface area contributed by atoms with Gasteiger partial charge in [-0.25, -0.2) is 9.37 Å². The maximum atomic E-state index is 14.8. The molecule has 208 valence electrons. The molecule has 1 aromatic heterocycles. The van der Waals surface area contributed by atoms with E-state index in [1.54, 1.807) is 35.4 Å². The summed E-state index contributed by atoms with van der Waals surface area (Å²) in [7, 11) is 0. The van der Waals surface area contributed by atoms with Crippen molar-refractivity contribution in [3.05, 3.63) is 47.9 Å². The Kier molecular flexibility index (Phi) is 7.96. The number of likely N-dealkylation sites (tertiary alicyclic amines) is 2. The first-order valence-corrected chi connectivity index (χ1v) is 13.4. The highest BCUT2D eigenvalue weighted by Crippen LogP contribution is 2.53. The number of hydrogen-bond donors (Lipinski definition) is 2. The van der Waals surface area contributed by atoms with Gasteiger partial charge in [-0.05, 0) is 68.8 Å². The van der Waals surface area contributed by atoms with E-state index in [0.29, 0.717) is 62.6 Å². The van der Waals surface area contributed by atoms with Crippen LogP contribution in [0.25, 0.3) is 11.1 Å². The lowest BCUT2D eigenvalue weighted by Crippen LogP contribution is -2.53. The zero-order valence-electron chi connectivity index (χ0n) is 21.3. The molecule has 1 aliphatic carbocycles. The molecule has 3 heterocycles. The predicted molar refractivity (Wildman–Crippen MR) is 134 cm³/mol. The molecule has 3 aliphatic rings. The number of benzene rings is 1. The second-order valence-electron chi connectivity index (χ2n) is 11.1. The molecule has 10 heteroatoms. The highest BCUT2D eigenvalue weighted by molar-refractivity contribution is 5.63. The average molecular weight is 538 g/mol. The summed E-state index contributed by atoms with van der Waals surface area (Å²) in [5, 5.41) is 20.2. The van der Waals surface area contributed by atoms with Gasteiger partial charge in [0.05, 0.1) is 18.1 Å². The lowest BCUT2D eigenvalue weighted by atomic mass is 9.67. The number of piperidine rings is 1. The van der Waals surface area contributed by atoms with E-state index in [1.807, 2.05) is 4.90 Å². The summed E-state index contributed by atoms with van der Waals surface area (Å²) < 4.78 is 61.1. The first-order valence-electron chi connectivity index (χ1n) is 13.4. The number of aliphatic hydroxyl groups excluding tert-OH is 2. The SMILES string of the molecule is OC(c1ccc(-c2ccc(OCC3CCN(CC4(C(F)(F)F)CCC4)CC3)nc2)cc1F)N1CC[C@H](O)C1. The zero-order chi connectivity index (χ0) is 26.9. The molecule has 2 aliphatic heterocycles. The van der Waals surface area contributed by atoms with Crippen LogP contribution in [0.4, 0.5) is 17.6 Å². The van der Waals surface area contributed by atoms with Gasteiger partial charge in [-0.15, -0.1) is 0 Å². The normalized spacial score (nSPS) is 23.8. The van der Waals surface area contributed by atoms with Crippen molar-refractivity contribution in [2.45, 2.75) is 57.0 Å². The maximum Gasteiger partial charge on any atom is 0.395 e. The van der Waals surface area contributed by atoms with Crippen molar-refractivity contribution in [3.63, 3.8) is 0 Å². The zero-order valence-corrected chi connectivity index (χ0v) is 21.3. The van der Waals surface area contributed by atoms with Crippen LogP contribution in [0.2, 0.25) is 0 Å². The van der Waals surface area contributed by atoms with Crippen LogP contribution in [0.1, 0.15) is 50.3 Å². The minimum Gasteiger partial charge on any atom is -0.477 e. The molecular weight excluding hydrogens is 502 g/mol. The first kappa shape index (κ1) is 27.3. The van der Waals surface area contributed by atoms with Gasteiger partial charge in [-0.1, -0.05) is 18.6 Å².